The van der Waals surface area contributed by atoms with Crippen LogP contribution in [-0.2, 0) is 28.6 Å². The highest BCUT2D eigenvalue weighted by atomic mass is 16.6. The van der Waals surface area contributed by atoms with Crippen LogP contribution in [0.15, 0.2) is 46.6 Å². The molecule has 0 saturated carbocycles. The van der Waals surface area contributed by atoms with Crippen molar-refractivity contribution in [1.29, 1.82) is 0 Å². The minimum atomic E-state index is -1.59. The predicted octanol–water partition coefficient (Wildman–Crippen LogP) is 4.75. The van der Waals surface area contributed by atoms with Gasteiger partial charge in [-0.15, -0.1) is 0 Å². The molecule has 0 N–H and O–H groups in total. The van der Waals surface area contributed by atoms with Gasteiger partial charge in [0.2, 0.25) is 5.60 Å². The number of hydrogen-bond acceptors (Lipinski definition) is 6. The second-order valence-corrected chi connectivity index (χ2v) is 8.59. The van der Waals surface area contributed by atoms with Crippen LogP contribution in [0.4, 0.5) is 0 Å². The van der Waals surface area contributed by atoms with E-state index in [2.05, 4.69) is 6.08 Å². The molecule has 0 aromatic heterocycles. The SMILES string of the molecule is C/C=C(/C)C(=O)OC1/C=C(/C)CC/C=C(\C)C[C@H]2OC(=O)[C@](C)(OC(=O)/C(C)=C\C)[C@H]12. The first-order chi connectivity index (χ1) is 14.5. The van der Waals surface area contributed by atoms with Gasteiger partial charge in [-0.1, -0.05) is 29.4 Å². The summed E-state index contributed by atoms with van der Waals surface area (Å²) in [6.45, 7) is 12.3. The fourth-order valence-corrected chi connectivity index (χ4v) is 3.87. The van der Waals surface area contributed by atoms with Gasteiger partial charge in [0.25, 0.3) is 0 Å². The Hall–Kier alpha value is -2.63. The average molecular weight is 431 g/mol. The van der Waals surface area contributed by atoms with Crippen LogP contribution in [0.25, 0.3) is 0 Å². The molecule has 1 saturated heterocycles. The van der Waals surface area contributed by atoms with E-state index in [0.29, 0.717) is 17.6 Å². The van der Waals surface area contributed by atoms with Crippen LogP contribution in [0.1, 0.15) is 67.7 Å². The Morgan fingerprint density at radius 2 is 1.71 bits per heavy atom. The first-order valence-corrected chi connectivity index (χ1v) is 10.8. The van der Waals surface area contributed by atoms with E-state index in [0.717, 1.165) is 24.0 Å². The van der Waals surface area contributed by atoms with E-state index in [-0.39, 0.29) is 0 Å². The van der Waals surface area contributed by atoms with E-state index in [1.165, 1.54) is 0 Å². The molecule has 6 nitrogen and oxygen atoms in total. The summed E-state index contributed by atoms with van der Waals surface area (Å²) in [5, 5.41) is 0. The number of esters is 3. The van der Waals surface area contributed by atoms with E-state index in [1.54, 1.807) is 46.8 Å². The van der Waals surface area contributed by atoms with Crippen molar-refractivity contribution in [3.8, 4) is 0 Å². The van der Waals surface area contributed by atoms with Crippen molar-refractivity contribution in [2.75, 3.05) is 0 Å². The summed E-state index contributed by atoms with van der Waals surface area (Å²) >= 11 is 0. The van der Waals surface area contributed by atoms with Gasteiger partial charge in [0.15, 0.2) is 0 Å². The third-order valence-corrected chi connectivity index (χ3v) is 6.12. The van der Waals surface area contributed by atoms with E-state index in [1.807, 2.05) is 19.9 Å². The van der Waals surface area contributed by atoms with Crippen LogP contribution in [0.5, 0.6) is 0 Å². The summed E-state index contributed by atoms with van der Waals surface area (Å²) in [5.41, 5.74) is 1.37. The molecule has 1 fully saturated rings. The Bertz CT molecular complexity index is 859. The normalized spacial score (nSPS) is 33.3. The second kappa shape index (κ2) is 10.1. The topological polar surface area (TPSA) is 78.9 Å². The van der Waals surface area contributed by atoms with Gasteiger partial charge in [-0.05, 0) is 67.4 Å². The van der Waals surface area contributed by atoms with E-state index in [4.69, 9.17) is 14.2 Å². The van der Waals surface area contributed by atoms with Crippen molar-refractivity contribution in [2.45, 2.75) is 85.5 Å². The lowest BCUT2D eigenvalue weighted by atomic mass is 9.79. The predicted molar refractivity (Wildman–Crippen MR) is 118 cm³/mol. The van der Waals surface area contributed by atoms with Gasteiger partial charge < -0.3 is 14.2 Å². The minimum absolute atomic E-state index is 0.387. The molecule has 1 heterocycles. The summed E-state index contributed by atoms with van der Waals surface area (Å²) in [7, 11) is 0. The average Bonchev–Trinajstić information content (AvgIpc) is 2.94. The van der Waals surface area contributed by atoms with Crippen LogP contribution in [0.3, 0.4) is 0 Å². The number of hydrogen-bond donors (Lipinski definition) is 0. The number of fused-ring (bicyclic) bond motifs is 1. The Morgan fingerprint density at radius 3 is 2.32 bits per heavy atom. The Kier molecular flexibility index (Phi) is 8.04. The highest BCUT2D eigenvalue weighted by molar-refractivity contribution is 5.92. The van der Waals surface area contributed by atoms with E-state index < -0.39 is 41.6 Å². The first-order valence-electron chi connectivity index (χ1n) is 10.8. The Labute approximate surface area is 185 Å². The molecular weight excluding hydrogens is 396 g/mol. The van der Waals surface area contributed by atoms with E-state index >= 15 is 0 Å². The first kappa shape index (κ1) is 24.6. The van der Waals surface area contributed by atoms with Crippen molar-refractivity contribution in [3.63, 3.8) is 0 Å². The van der Waals surface area contributed by atoms with Crippen LogP contribution >= 0.6 is 0 Å². The second-order valence-electron chi connectivity index (χ2n) is 8.59. The van der Waals surface area contributed by atoms with Crippen LogP contribution in [0.2, 0.25) is 0 Å². The number of ether oxygens (including phenoxy) is 3. The Balaban J connectivity index is 2.57. The van der Waals surface area contributed by atoms with Crippen molar-refractivity contribution >= 4 is 17.9 Å². The summed E-state index contributed by atoms with van der Waals surface area (Å²) in [5.74, 6) is -2.38. The molecule has 0 radical (unpaired) electrons. The van der Waals surface area contributed by atoms with Crippen molar-refractivity contribution in [2.24, 2.45) is 5.92 Å². The summed E-state index contributed by atoms with van der Waals surface area (Å²) in [4.78, 5) is 38.3. The maximum atomic E-state index is 13.0. The molecule has 31 heavy (non-hydrogen) atoms. The van der Waals surface area contributed by atoms with Gasteiger partial charge in [-0.25, -0.2) is 14.4 Å². The van der Waals surface area contributed by atoms with Crippen LogP contribution < -0.4 is 0 Å². The summed E-state index contributed by atoms with van der Waals surface area (Å²) < 4.78 is 17.3. The Morgan fingerprint density at radius 1 is 1.10 bits per heavy atom. The van der Waals surface area contributed by atoms with Gasteiger partial charge in [-0.3, -0.25) is 0 Å². The molecule has 0 amide bonds. The molecule has 6 heteroatoms. The van der Waals surface area contributed by atoms with Gasteiger partial charge >= 0.3 is 17.9 Å². The third kappa shape index (κ3) is 5.54. The van der Waals surface area contributed by atoms with Gasteiger partial charge in [-0.2, -0.15) is 0 Å². The maximum Gasteiger partial charge on any atom is 0.351 e. The summed E-state index contributed by atoms with van der Waals surface area (Å²) in [6, 6.07) is 0. The quantitative estimate of drug-likeness (QED) is 0.277. The molecule has 1 aliphatic heterocycles. The van der Waals surface area contributed by atoms with Crippen molar-refractivity contribution in [1.82, 2.24) is 0 Å². The smallest absolute Gasteiger partial charge is 0.351 e. The molecule has 0 bridgehead atoms. The number of rotatable bonds is 4. The van der Waals surface area contributed by atoms with Crippen LogP contribution in [-0.4, -0.2) is 35.7 Å². The molecule has 4 atom stereocenters. The third-order valence-electron chi connectivity index (χ3n) is 6.12. The highest BCUT2D eigenvalue weighted by Crippen LogP contribution is 2.43. The molecule has 1 aliphatic carbocycles. The van der Waals surface area contributed by atoms with Gasteiger partial charge in [0.1, 0.15) is 12.2 Å². The van der Waals surface area contributed by atoms with Gasteiger partial charge in [0, 0.05) is 17.6 Å². The molecule has 1 unspecified atom stereocenters. The standard InChI is InChI=1S/C25H34O6/c1-8-17(5)22(26)29-19-13-15(3)11-10-12-16(4)14-20-21(19)25(7,24(28)30-20)31-23(27)18(6)9-2/h8-9,12-13,19-21H,10-11,14H2,1-7H3/b15-13-,16-12+,17-8-,18-9-/t19?,20-,21-,25-/m1/s1. The molecule has 0 spiro atoms. The number of carbonyl (C=O) groups is 3. The monoisotopic (exact) mass is 430 g/mol. The lowest BCUT2D eigenvalue weighted by Gasteiger charge is -2.34. The zero-order chi connectivity index (χ0) is 23.3. The van der Waals surface area contributed by atoms with Gasteiger partial charge in [0.05, 0.1) is 5.92 Å². The van der Waals surface area contributed by atoms with Crippen LogP contribution in [0, 0.1) is 5.92 Å². The number of allylic oxidation sites excluding steroid dienone is 4. The van der Waals surface area contributed by atoms with Crippen molar-refractivity contribution < 1.29 is 28.6 Å². The lowest BCUT2D eigenvalue weighted by molar-refractivity contribution is -0.174. The fraction of sp³-hybridized carbons (Fsp3) is 0.560. The zero-order valence-electron chi connectivity index (χ0n) is 19.6. The largest absolute Gasteiger partial charge is 0.458 e. The minimum Gasteiger partial charge on any atom is -0.458 e. The maximum absolute atomic E-state index is 13.0. The highest BCUT2D eigenvalue weighted by Gasteiger charge is 2.60. The molecular formula is C25H34O6. The zero-order valence-corrected chi connectivity index (χ0v) is 19.6. The molecule has 0 aromatic rings. The molecule has 0 aromatic carbocycles. The molecule has 2 rings (SSSR count). The molecule has 170 valence electrons. The fourth-order valence-electron chi connectivity index (χ4n) is 3.87. The lowest BCUT2D eigenvalue weighted by Crippen LogP contribution is -2.49. The molecule has 2 aliphatic rings. The van der Waals surface area contributed by atoms with E-state index in [9.17, 15) is 14.4 Å². The summed E-state index contributed by atoms with van der Waals surface area (Å²) in [6.07, 6.45) is 8.06. The van der Waals surface area contributed by atoms with Crippen molar-refractivity contribution in [3.05, 3.63) is 46.6 Å². The number of carbonyl (C=O) groups excluding carboxylic acids is 3.